The summed E-state index contributed by atoms with van der Waals surface area (Å²) in [6.07, 6.45) is 0. The Bertz CT molecular complexity index is 4340. The molecule has 38 heteroatoms. The summed E-state index contributed by atoms with van der Waals surface area (Å²) in [7, 11) is -20.1. The number of nitrogens with two attached hydrogens (primary N) is 2. The molecule has 2 aliphatic carbocycles. The van der Waals surface area contributed by atoms with E-state index in [1.165, 1.54) is 48.5 Å². The van der Waals surface area contributed by atoms with Gasteiger partial charge in [0.15, 0.2) is 23.1 Å². The van der Waals surface area contributed by atoms with E-state index in [1.54, 1.807) is 0 Å². The summed E-state index contributed by atoms with van der Waals surface area (Å²) in [5.74, 6) is -3.57. The molecule has 0 amide bonds. The molecule has 0 saturated carbocycles. The number of aromatic nitrogens is 6. The summed E-state index contributed by atoms with van der Waals surface area (Å²) in [6, 6.07) is 19.6. The molecule has 6 aromatic carbocycles. The first-order valence-corrected chi connectivity index (χ1v) is 29.2. The minimum atomic E-state index is -5.23. The van der Waals surface area contributed by atoms with Gasteiger partial charge < -0.3 is 41.8 Å². The van der Waals surface area contributed by atoms with E-state index in [1.807, 2.05) is 0 Å². The van der Waals surface area contributed by atoms with E-state index in [4.69, 9.17) is 57.9 Å². The Kier molecular flexibility index (Phi) is 19.0. The molecule has 84 heavy (non-hydrogen) atoms. The van der Waals surface area contributed by atoms with Crippen molar-refractivity contribution in [1.29, 1.82) is 0 Å². The molecule has 0 atom stereocenters. The summed E-state index contributed by atoms with van der Waals surface area (Å²) in [4.78, 5) is 72.6. The predicted octanol–water partition coefficient (Wildman–Crippen LogP) is 0.356. The maximum Gasteiger partial charge on any atom is 1.00 e. The number of hydrogen-bond donors (Lipinski definition) is 8. The van der Waals surface area contributed by atoms with Crippen LogP contribution in [0.3, 0.4) is 0 Å². The van der Waals surface area contributed by atoms with Crippen LogP contribution < -0.4 is 91.8 Å². The third-order valence-electron chi connectivity index (χ3n) is 11.7. The van der Waals surface area contributed by atoms with Crippen molar-refractivity contribution in [3.8, 4) is 0 Å². The van der Waals surface area contributed by atoms with Gasteiger partial charge in [0, 0.05) is 33.6 Å². The minimum Gasteiger partial charge on any atom is -0.744 e. The number of carbonyl (C=O) groups excluding carboxylic acids is 4. The standard InChI is InChI=1S/2C23H14Cl2N6O8S2.2Na/c2*24-21-29-22(25)31-23(30-21)28-12-7-9(5-6-14(12)40(34,35)36)27-13-8-15(41(37,38)39)18(26)17-16(13)19(32)10-3-1-2-4-11(10)20(17)33;;/h2*1-8,27H,26H2,(H,34,35,36)(H,37,38,39)(H,28,29,30,31);;/q;;2*+1/p-2. The quantitative estimate of drug-likeness (QED) is 0.0465. The van der Waals surface area contributed by atoms with Crippen LogP contribution in [0.2, 0.25) is 21.1 Å². The Labute approximate surface area is 537 Å². The molecule has 0 saturated heterocycles. The van der Waals surface area contributed by atoms with Gasteiger partial charge in [-0.1, -0.05) is 48.5 Å². The molecule has 0 unspecified atom stereocenters. The molecule has 28 nitrogen and oxygen atoms in total. The number of benzene rings is 6. The van der Waals surface area contributed by atoms with Crippen LogP contribution in [0.15, 0.2) is 117 Å². The molecule has 10 N–H and O–H groups in total. The number of ketones is 4. The van der Waals surface area contributed by atoms with Gasteiger partial charge in [-0.2, -0.15) is 46.7 Å². The summed E-state index contributed by atoms with van der Waals surface area (Å²) in [5, 5.41) is 9.17. The Hall–Kier alpha value is -6.38. The van der Waals surface area contributed by atoms with Crippen molar-refractivity contribution >= 4 is 167 Å². The van der Waals surface area contributed by atoms with E-state index in [0.717, 1.165) is 48.5 Å². The van der Waals surface area contributed by atoms with Crippen LogP contribution in [0.1, 0.15) is 63.7 Å². The van der Waals surface area contributed by atoms with Crippen molar-refractivity contribution in [3.05, 3.63) is 163 Å². The van der Waals surface area contributed by atoms with Crippen LogP contribution in [0.25, 0.3) is 0 Å². The fraction of sp³-hybridized carbons (Fsp3) is 0. The molecule has 10 rings (SSSR count). The monoisotopic (exact) mass is 1320 g/mol. The van der Waals surface area contributed by atoms with Crippen LogP contribution in [-0.4, -0.2) is 105 Å². The molecule has 0 fully saturated rings. The summed E-state index contributed by atoms with van der Waals surface area (Å²) in [6.45, 7) is 0. The molecule has 0 radical (unpaired) electrons. The van der Waals surface area contributed by atoms with E-state index < -0.39 is 106 Å². The second-order valence-corrected chi connectivity index (χ2v) is 23.6. The van der Waals surface area contributed by atoms with Crippen molar-refractivity contribution in [2.45, 2.75) is 19.6 Å². The number of nitrogens with one attached hydrogen (secondary N) is 4. The Morgan fingerprint density at radius 1 is 0.393 bits per heavy atom. The first-order valence-electron chi connectivity index (χ1n) is 22.0. The number of nitrogen functional groups attached to an aromatic ring is 2. The average Bonchev–Trinajstić information content (AvgIpc) is 1.46. The van der Waals surface area contributed by atoms with Crippen LogP contribution in [-0.2, 0) is 40.5 Å². The van der Waals surface area contributed by atoms with Gasteiger partial charge >= 0.3 is 59.1 Å². The molecule has 420 valence electrons. The van der Waals surface area contributed by atoms with Gasteiger partial charge in [0.2, 0.25) is 33.0 Å². The molecule has 8 aromatic rings. The van der Waals surface area contributed by atoms with Gasteiger partial charge in [0.25, 0.3) is 20.2 Å². The fourth-order valence-corrected chi connectivity index (χ4v) is 11.6. The Morgan fingerprint density at radius 2 is 0.679 bits per heavy atom. The number of anilines is 10. The minimum absolute atomic E-state index is 0. The van der Waals surface area contributed by atoms with Gasteiger partial charge in [0.1, 0.15) is 30.0 Å². The molecular formula is C46H26Cl4N12Na2O16S4. The molecule has 0 aliphatic heterocycles. The van der Waals surface area contributed by atoms with E-state index >= 15 is 0 Å². The summed E-state index contributed by atoms with van der Waals surface area (Å²) < 4.78 is 140. The zero-order valence-electron chi connectivity index (χ0n) is 41.8. The number of hydrogen-bond acceptors (Lipinski definition) is 26. The fourth-order valence-electron chi connectivity index (χ4n) is 8.37. The van der Waals surface area contributed by atoms with Crippen LogP contribution in [0.5, 0.6) is 0 Å². The van der Waals surface area contributed by atoms with Gasteiger partial charge in [-0.3, -0.25) is 28.3 Å². The summed E-state index contributed by atoms with van der Waals surface area (Å²) in [5.41, 5.74) is 7.58. The Morgan fingerprint density at radius 3 is 0.952 bits per heavy atom. The second-order valence-electron chi connectivity index (χ2n) is 16.8. The number of halogens is 4. The maximum atomic E-state index is 13.5. The first-order chi connectivity index (χ1) is 38.3. The number of carbonyl (C=O) groups is 4. The number of fused-ring (bicyclic) bond motifs is 4. The average molecular weight is 1320 g/mol. The second kappa shape index (κ2) is 24.5. The third kappa shape index (κ3) is 13.3. The van der Waals surface area contributed by atoms with Gasteiger partial charge in [-0.05, 0) is 94.9 Å². The molecule has 2 heterocycles. The van der Waals surface area contributed by atoms with Crippen molar-refractivity contribution in [3.63, 3.8) is 0 Å². The van der Waals surface area contributed by atoms with E-state index in [9.17, 15) is 71.1 Å². The van der Waals surface area contributed by atoms with Crippen molar-refractivity contribution in [2.75, 3.05) is 32.7 Å². The molecule has 0 spiro atoms. The molecule has 0 bridgehead atoms. The smallest absolute Gasteiger partial charge is 0.744 e. The zero-order valence-corrected chi connectivity index (χ0v) is 52.1. The molecular weight excluding hydrogens is 1290 g/mol. The van der Waals surface area contributed by atoms with E-state index in [0.29, 0.717) is 0 Å². The van der Waals surface area contributed by atoms with Crippen LogP contribution >= 0.6 is 46.4 Å². The van der Waals surface area contributed by atoms with Gasteiger partial charge in [-0.15, -0.1) is 0 Å². The largest absolute Gasteiger partial charge is 1.00 e. The number of rotatable bonds is 12. The van der Waals surface area contributed by atoms with Crippen molar-refractivity contribution < 1.29 is 130 Å². The molecule has 2 aliphatic rings. The van der Waals surface area contributed by atoms with Gasteiger partial charge in [0.05, 0.1) is 66.2 Å². The van der Waals surface area contributed by atoms with Gasteiger partial charge in [-0.25, -0.2) is 16.8 Å². The zero-order chi connectivity index (χ0) is 59.7. The maximum absolute atomic E-state index is 13.5. The van der Waals surface area contributed by atoms with Crippen molar-refractivity contribution in [1.82, 2.24) is 29.9 Å². The first kappa shape index (κ1) is 65.2. The van der Waals surface area contributed by atoms with E-state index in [2.05, 4.69) is 51.2 Å². The van der Waals surface area contributed by atoms with E-state index in [-0.39, 0.29) is 160 Å². The SMILES string of the molecule is Nc1c(S(=O)(=O)[O-])cc(Nc2ccc(S(=O)(=O)O)c(Nc3nc(Cl)nc(Cl)n3)c2)c2c1C(=O)c1ccccc1C2=O.Nc1c(S(=O)(=O)[O-])cc(Nc2ccc(S(=O)(=O)O)c(Nc3nc(Cl)nc(Cl)n3)c2)c2c1C(=O)c1ccccc1C2=O.[Na+].[Na+]. The van der Waals surface area contributed by atoms with Crippen LogP contribution in [0.4, 0.5) is 57.4 Å². The Balaban J connectivity index is 0.000000235. The molecule has 2 aromatic heterocycles. The normalized spacial score (nSPS) is 12.7. The predicted molar refractivity (Wildman–Crippen MR) is 290 cm³/mol. The number of nitrogens with zero attached hydrogens (tertiary/aromatic N) is 6. The van der Waals surface area contributed by atoms with Crippen molar-refractivity contribution in [2.24, 2.45) is 0 Å². The topological polar surface area (TPSA) is 469 Å². The van der Waals surface area contributed by atoms with Crippen LogP contribution in [0, 0.1) is 0 Å². The summed E-state index contributed by atoms with van der Waals surface area (Å²) >= 11 is 23.1. The third-order valence-corrected chi connectivity index (χ3v) is 15.9.